The molecule has 0 bridgehead atoms. The number of hydrogen-bond acceptors (Lipinski definition) is 2. The number of nitrogens with zero attached hydrogens (tertiary/aromatic N) is 1. The first kappa shape index (κ1) is 7.98. The van der Waals surface area contributed by atoms with Crippen LogP contribution in [0.2, 0.25) is 0 Å². The maximum Gasteiger partial charge on any atom is 0.148 e. The van der Waals surface area contributed by atoms with E-state index >= 15 is 0 Å². The molecular weight excluding hydrogens is 145 g/mol. The summed E-state index contributed by atoms with van der Waals surface area (Å²) in [7, 11) is 0. The van der Waals surface area contributed by atoms with Gasteiger partial charge in [0.2, 0.25) is 0 Å². The zero-order valence-electron chi connectivity index (χ0n) is 6.60. The Morgan fingerprint density at radius 1 is 1.64 bits per heavy atom. The van der Waals surface area contributed by atoms with E-state index in [1.807, 2.05) is 6.92 Å². The molecular formula is C8H10FNO. The van der Waals surface area contributed by atoms with Gasteiger partial charge in [0.15, 0.2) is 0 Å². The lowest BCUT2D eigenvalue weighted by molar-refractivity contribution is 0.336. The Kier molecular flexibility index (Phi) is 2.41. The van der Waals surface area contributed by atoms with E-state index in [1.54, 1.807) is 6.92 Å². The van der Waals surface area contributed by atoms with Gasteiger partial charge in [0.1, 0.15) is 11.6 Å². The van der Waals surface area contributed by atoms with E-state index in [-0.39, 0.29) is 5.82 Å². The Balaban J connectivity index is 2.86. The minimum Gasteiger partial charge on any atom is -0.492 e. The summed E-state index contributed by atoms with van der Waals surface area (Å²) in [5.41, 5.74) is 0.397. The van der Waals surface area contributed by atoms with Crippen molar-refractivity contribution < 1.29 is 9.13 Å². The lowest BCUT2D eigenvalue weighted by atomic mass is 10.3. The highest BCUT2D eigenvalue weighted by molar-refractivity contribution is 5.20. The van der Waals surface area contributed by atoms with Crippen LogP contribution < -0.4 is 4.74 Å². The van der Waals surface area contributed by atoms with Crippen LogP contribution in [0.3, 0.4) is 0 Å². The minimum atomic E-state index is -0.323. The SMILES string of the molecule is CCOc1cnc(C)c(F)c1. The summed E-state index contributed by atoms with van der Waals surface area (Å²) < 4.78 is 17.8. The molecule has 2 nitrogen and oxygen atoms in total. The molecule has 0 fully saturated rings. The second-order valence-corrected chi connectivity index (χ2v) is 2.17. The van der Waals surface area contributed by atoms with Gasteiger partial charge in [-0.2, -0.15) is 0 Å². The molecule has 0 unspecified atom stereocenters. The Morgan fingerprint density at radius 3 is 2.91 bits per heavy atom. The number of pyridine rings is 1. The van der Waals surface area contributed by atoms with Gasteiger partial charge in [0.25, 0.3) is 0 Å². The third-order valence-electron chi connectivity index (χ3n) is 1.31. The van der Waals surface area contributed by atoms with Gasteiger partial charge in [-0.25, -0.2) is 4.39 Å². The highest BCUT2D eigenvalue weighted by atomic mass is 19.1. The van der Waals surface area contributed by atoms with Crippen LogP contribution in [0.4, 0.5) is 4.39 Å². The van der Waals surface area contributed by atoms with E-state index in [0.29, 0.717) is 18.1 Å². The summed E-state index contributed by atoms with van der Waals surface area (Å²) >= 11 is 0. The molecule has 0 radical (unpaired) electrons. The van der Waals surface area contributed by atoms with Gasteiger partial charge >= 0.3 is 0 Å². The van der Waals surface area contributed by atoms with E-state index in [1.165, 1.54) is 12.3 Å². The van der Waals surface area contributed by atoms with Crippen LogP contribution in [0.15, 0.2) is 12.3 Å². The first-order valence-corrected chi connectivity index (χ1v) is 3.49. The molecule has 0 N–H and O–H groups in total. The zero-order chi connectivity index (χ0) is 8.27. The predicted octanol–water partition coefficient (Wildman–Crippen LogP) is 1.93. The number of aromatic nitrogens is 1. The van der Waals surface area contributed by atoms with Crippen LogP contribution in [0.25, 0.3) is 0 Å². The molecule has 0 saturated carbocycles. The topological polar surface area (TPSA) is 22.1 Å². The van der Waals surface area contributed by atoms with Crippen molar-refractivity contribution in [2.24, 2.45) is 0 Å². The average Bonchev–Trinajstić information content (AvgIpc) is 1.98. The molecule has 1 rings (SSSR count). The average molecular weight is 155 g/mol. The molecule has 0 aliphatic carbocycles. The third-order valence-corrected chi connectivity index (χ3v) is 1.31. The molecule has 3 heteroatoms. The number of rotatable bonds is 2. The standard InChI is InChI=1S/C8H10FNO/c1-3-11-7-4-8(9)6(2)10-5-7/h4-5H,3H2,1-2H3. The van der Waals surface area contributed by atoms with Gasteiger partial charge in [-0.05, 0) is 13.8 Å². The van der Waals surface area contributed by atoms with E-state index in [4.69, 9.17) is 4.74 Å². The van der Waals surface area contributed by atoms with Crippen LogP contribution in [0, 0.1) is 12.7 Å². The predicted molar refractivity (Wildman–Crippen MR) is 40.1 cm³/mol. The van der Waals surface area contributed by atoms with Crippen molar-refractivity contribution in [3.8, 4) is 5.75 Å². The second-order valence-electron chi connectivity index (χ2n) is 2.17. The Hall–Kier alpha value is -1.12. The van der Waals surface area contributed by atoms with Crippen molar-refractivity contribution in [3.05, 3.63) is 23.8 Å². The smallest absolute Gasteiger partial charge is 0.148 e. The van der Waals surface area contributed by atoms with E-state index in [2.05, 4.69) is 4.98 Å². The van der Waals surface area contributed by atoms with Gasteiger partial charge < -0.3 is 4.74 Å². The number of hydrogen-bond donors (Lipinski definition) is 0. The lowest BCUT2D eigenvalue weighted by Crippen LogP contribution is -1.94. The molecule has 0 aliphatic rings. The van der Waals surface area contributed by atoms with Crippen LogP contribution in [0.1, 0.15) is 12.6 Å². The van der Waals surface area contributed by atoms with Gasteiger partial charge in [-0.15, -0.1) is 0 Å². The quantitative estimate of drug-likeness (QED) is 0.651. The van der Waals surface area contributed by atoms with E-state index < -0.39 is 0 Å². The van der Waals surface area contributed by atoms with Crippen molar-refractivity contribution in [2.75, 3.05) is 6.61 Å². The normalized spacial score (nSPS) is 9.73. The first-order valence-electron chi connectivity index (χ1n) is 3.49. The summed E-state index contributed by atoms with van der Waals surface area (Å²) in [5.74, 6) is 0.159. The Bertz CT molecular complexity index is 250. The molecule has 0 atom stereocenters. The van der Waals surface area contributed by atoms with Crippen LogP contribution >= 0.6 is 0 Å². The summed E-state index contributed by atoms with van der Waals surface area (Å²) in [6.07, 6.45) is 1.52. The van der Waals surface area contributed by atoms with Crippen LogP contribution in [-0.4, -0.2) is 11.6 Å². The molecule has 0 amide bonds. The summed E-state index contributed by atoms with van der Waals surface area (Å²) in [4.78, 5) is 3.80. The van der Waals surface area contributed by atoms with Crippen molar-refractivity contribution in [1.29, 1.82) is 0 Å². The van der Waals surface area contributed by atoms with Gasteiger partial charge in [-0.1, -0.05) is 0 Å². The largest absolute Gasteiger partial charge is 0.492 e. The van der Waals surface area contributed by atoms with E-state index in [0.717, 1.165) is 0 Å². The van der Waals surface area contributed by atoms with E-state index in [9.17, 15) is 4.39 Å². The molecule has 0 saturated heterocycles. The molecule has 0 aromatic carbocycles. The highest BCUT2D eigenvalue weighted by Crippen LogP contribution is 2.12. The fourth-order valence-corrected chi connectivity index (χ4v) is 0.734. The molecule has 60 valence electrons. The minimum absolute atomic E-state index is 0.323. The summed E-state index contributed by atoms with van der Waals surface area (Å²) in [6.45, 7) is 3.99. The Labute approximate surface area is 65.0 Å². The highest BCUT2D eigenvalue weighted by Gasteiger charge is 1.99. The fourth-order valence-electron chi connectivity index (χ4n) is 0.734. The maximum absolute atomic E-state index is 12.8. The molecule has 0 aliphatic heterocycles. The third kappa shape index (κ3) is 1.90. The molecule has 1 aromatic heterocycles. The van der Waals surface area contributed by atoms with Crippen molar-refractivity contribution in [2.45, 2.75) is 13.8 Å². The maximum atomic E-state index is 12.8. The van der Waals surface area contributed by atoms with Gasteiger partial charge in [-0.3, -0.25) is 4.98 Å². The van der Waals surface area contributed by atoms with Crippen molar-refractivity contribution in [1.82, 2.24) is 4.98 Å². The van der Waals surface area contributed by atoms with Crippen LogP contribution in [-0.2, 0) is 0 Å². The number of halogens is 1. The summed E-state index contributed by atoms with van der Waals surface area (Å²) in [5, 5.41) is 0. The number of aryl methyl sites for hydroxylation is 1. The fraction of sp³-hybridized carbons (Fsp3) is 0.375. The Morgan fingerprint density at radius 2 is 2.36 bits per heavy atom. The molecule has 11 heavy (non-hydrogen) atoms. The van der Waals surface area contributed by atoms with Crippen molar-refractivity contribution in [3.63, 3.8) is 0 Å². The summed E-state index contributed by atoms with van der Waals surface area (Å²) in [6, 6.07) is 1.34. The van der Waals surface area contributed by atoms with Gasteiger partial charge in [0.05, 0.1) is 18.5 Å². The molecule has 0 spiro atoms. The molecule has 1 aromatic rings. The second kappa shape index (κ2) is 3.32. The number of ether oxygens (including phenoxy) is 1. The zero-order valence-corrected chi connectivity index (χ0v) is 6.60. The van der Waals surface area contributed by atoms with Gasteiger partial charge in [0, 0.05) is 6.07 Å². The monoisotopic (exact) mass is 155 g/mol. The first-order chi connectivity index (χ1) is 5.24. The van der Waals surface area contributed by atoms with Crippen LogP contribution in [0.5, 0.6) is 5.75 Å². The van der Waals surface area contributed by atoms with Crippen molar-refractivity contribution >= 4 is 0 Å². The lowest BCUT2D eigenvalue weighted by Gasteiger charge is -2.02. The molecule has 1 heterocycles.